The lowest BCUT2D eigenvalue weighted by molar-refractivity contribution is -0.186. The molecule has 0 aliphatic heterocycles. The summed E-state index contributed by atoms with van der Waals surface area (Å²) < 4.78 is 0. The van der Waals surface area contributed by atoms with Crippen LogP contribution in [0.5, 0.6) is 0 Å². The summed E-state index contributed by atoms with van der Waals surface area (Å²) >= 11 is 0. The van der Waals surface area contributed by atoms with E-state index in [2.05, 4.69) is 40.7 Å². The molecule has 5 aliphatic rings. The van der Waals surface area contributed by atoms with Crippen LogP contribution in [0, 0.1) is 56.2 Å². The van der Waals surface area contributed by atoms with E-state index in [1.807, 2.05) is 20.2 Å². The van der Waals surface area contributed by atoms with E-state index in [0.29, 0.717) is 12.8 Å². The van der Waals surface area contributed by atoms with Crippen molar-refractivity contribution in [3.05, 3.63) is 23.0 Å². The van der Waals surface area contributed by atoms with E-state index in [4.69, 9.17) is 0 Å². The quantitative estimate of drug-likeness (QED) is 0.458. The predicted octanol–water partition coefficient (Wildman–Crippen LogP) is 5.73. The van der Waals surface area contributed by atoms with Crippen molar-refractivity contribution in [2.75, 3.05) is 14.1 Å². The Bertz CT molecular complexity index is 1200. The van der Waals surface area contributed by atoms with Crippen LogP contribution in [0.25, 0.3) is 0 Å². The molecule has 1 unspecified atom stereocenters. The Balaban J connectivity index is 1.68. The SMILES string of the molecule is CN(C)C(=O)[C@]12CCC(C)(C)C[C@H]1[C@H]1C(=O)C=C3[C@@]4(C)CC(C#N)=C(O)[C@@](C)(O)C4CC[C@@]3(C)[C@]1(C)CC2. The largest absolute Gasteiger partial charge is 0.508 e. The number of carbonyl (C=O) groups excluding carboxylic acids is 2. The van der Waals surface area contributed by atoms with Gasteiger partial charge in [0.2, 0.25) is 5.91 Å². The first-order chi connectivity index (χ1) is 17.4. The second-order valence-corrected chi connectivity index (χ2v) is 15.3. The molecular formula is C32H46N2O4. The van der Waals surface area contributed by atoms with Crippen molar-refractivity contribution >= 4 is 11.7 Å². The van der Waals surface area contributed by atoms with Crippen LogP contribution in [0.15, 0.2) is 23.0 Å². The number of hydrogen-bond donors (Lipinski definition) is 2. The Morgan fingerprint density at radius 2 is 1.68 bits per heavy atom. The van der Waals surface area contributed by atoms with Gasteiger partial charge < -0.3 is 15.1 Å². The fraction of sp³-hybridized carbons (Fsp3) is 0.781. The molecular weight excluding hydrogens is 476 g/mol. The summed E-state index contributed by atoms with van der Waals surface area (Å²) in [7, 11) is 3.69. The third-order valence-corrected chi connectivity index (χ3v) is 12.6. The Hall–Kier alpha value is -2.13. The van der Waals surface area contributed by atoms with Gasteiger partial charge >= 0.3 is 0 Å². The fourth-order valence-electron chi connectivity index (χ4n) is 10.4. The average molecular weight is 523 g/mol. The first-order valence-corrected chi connectivity index (χ1v) is 14.4. The summed E-state index contributed by atoms with van der Waals surface area (Å²) in [5.74, 6) is -0.473. The second kappa shape index (κ2) is 7.96. The average Bonchev–Trinajstić information content (AvgIpc) is 2.82. The molecule has 0 aromatic heterocycles. The van der Waals surface area contributed by atoms with E-state index in [-0.39, 0.29) is 57.0 Å². The highest BCUT2D eigenvalue weighted by molar-refractivity contribution is 5.96. The molecule has 5 aliphatic carbocycles. The molecule has 0 aromatic carbocycles. The Kier molecular flexibility index (Phi) is 5.75. The molecule has 6 nitrogen and oxygen atoms in total. The fourth-order valence-corrected chi connectivity index (χ4v) is 10.4. The number of aliphatic hydroxyl groups excluding tert-OH is 1. The maximum atomic E-state index is 14.4. The van der Waals surface area contributed by atoms with Gasteiger partial charge in [0.25, 0.3) is 0 Å². The monoisotopic (exact) mass is 522 g/mol. The number of nitriles is 1. The maximum absolute atomic E-state index is 14.4. The van der Waals surface area contributed by atoms with Gasteiger partial charge in [-0.05, 0) is 86.5 Å². The Labute approximate surface area is 228 Å². The zero-order valence-corrected chi connectivity index (χ0v) is 24.6. The van der Waals surface area contributed by atoms with E-state index >= 15 is 0 Å². The third kappa shape index (κ3) is 3.20. The minimum atomic E-state index is -1.52. The van der Waals surface area contributed by atoms with E-state index in [9.17, 15) is 25.1 Å². The van der Waals surface area contributed by atoms with E-state index < -0.39 is 16.4 Å². The third-order valence-electron chi connectivity index (χ3n) is 12.6. The Morgan fingerprint density at radius 1 is 1.05 bits per heavy atom. The smallest absolute Gasteiger partial charge is 0.228 e. The van der Waals surface area contributed by atoms with Crippen molar-refractivity contribution in [2.24, 2.45) is 44.8 Å². The number of amides is 1. The first-order valence-electron chi connectivity index (χ1n) is 14.4. The van der Waals surface area contributed by atoms with Crippen molar-refractivity contribution in [1.82, 2.24) is 4.90 Å². The topological polar surface area (TPSA) is 102 Å². The molecule has 1 amide bonds. The maximum Gasteiger partial charge on any atom is 0.228 e. The molecule has 208 valence electrons. The number of nitrogens with zero attached hydrogens (tertiary/aromatic N) is 2. The van der Waals surface area contributed by atoms with Gasteiger partial charge in [0, 0.05) is 31.3 Å². The molecule has 0 radical (unpaired) electrons. The highest BCUT2D eigenvalue weighted by atomic mass is 16.3. The predicted molar refractivity (Wildman–Crippen MR) is 146 cm³/mol. The van der Waals surface area contributed by atoms with Crippen LogP contribution in [0.3, 0.4) is 0 Å². The Morgan fingerprint density at radius 3 is 2.29 bits per heavy atom. The van der Waals surface area contributed by atoms with E-state index in [1.54, 1.807) is 11.8 Å². The van der Waals surface area contributed by atoms with Crippen molar-refractivity contribution in [3.8, 4) is 6.07 Å². The molecule has 0 aromatic rings. The number of aliphatic hydroxyl groups is 2. The van der Waals surface area contributed by atoms with E-state index in [1.165, 1.54) is 0 Å². The summed E-state index contributed by atoms with van der Waals surface area (Å²) in [4.78, 5) is 30.0. The van der Waals surface area contributed by atoms with Crippen molar-refractivity contribution in [3.63, 3.8) is 0 Å². The van der Waals surface area contributed by atoms with Gasteiger partial charge in [-0.3, -0.25) is 9.59 Å². The second-order valence-electron chi connectivity index (χ2n) is 15.3. The molecule has 0 bridgehead atoms. The lowest BCUT2D eigenvalue weighted by Gasteiger charge is -2.69. The van der Waals surface area contributed by atoms with Crippen LogP contribution in [0.2, 0.25) is 0 Å². The summed E-state index contributed by atoms with van der Waals surface area (Å²) in [6.07, 6.45) is 7.96. The number of rotatable bonds is 1. The van der Waals surface area contributed by atoms with Gasteiger partial charge in [0.15, 0.2) is 5.78 Å². The van der Waals surface area contributed by atoms with Crippen molar-refractivity contribution in [1.29, 1.82) is 5.26 Å². The minimum absolute atomic E-state index is 0.0133. The van der Waals surface area contributed by atoms with Gasteiger partial charge in [-0.2, -0.15) is 5.26 Å². The molecule has 3 saturated carbocycles. The summed E-state index contributed by atoms with van der Waals surface area (Å²) in [5, 5.41) is 32.1. The van der Waals surface area contributed by atoms with Crippen LogP contribution in [0.1, 0.15) is 92.9 Å². The molecule has 6 heteroatoms. The van der Waals surface area contributed by atoms with Gasteiger partial charge in [0.1, 0.15) is 11.4 Å². The molecule has 8 atom stereocenters. The molecule has 5 rings (SSSR count). The normalized spacial score (nSPS) is 47.5. The minimum Gasteiger partial charge on any atom is -0.508 e. The standard InChI is InChI=1S/C32H46N2O4/c1-27(2)11-13-32(26(37)34(7)8)14-12-30(5)24(20(32)17-27)21(35)15-23-28(3)16-19(18-33)25(36)31(6,38)22(28)9-10-29(23,30)4/h15,20,22,24,36,38H,9-14,16-17H2,1-8H3/t20-,22?,24-,28-,29+,30+,31-,32-/m0/s1. The van der Waals surface area contributed by atoms with Crippen molar-refractivity contribution in [2.45, 2.75) is 98.5 Å². The van der Waals surface area contributed by atoms with Crippen LogP contribution in [-0.4, -0.2) is 46.5 Å². The van der Waals surface area contributed by atoms with Crippen LogP contribution in [0.4, 0.5) is 0 Å². The van der Waals surface area contributed by atoms with Crippen LogP contribution < -0.4 is 0 Å². The molecule has 0 heterocycles. The number of fused-ring (bicyclic) bond motifs is 7. The first kappa shape index (κ1) is 27.4. The van der Waals surface area contributed by atoms with Gasteiger partial charge in [-0.1, -0.05) is 40.2 Å². The van der Waals surface area contributed by atoms with Crippen molar-refractivity contribution < 1.29 is 19.8 Å². The number of ketones is 1. The molecule has 3 fully saturated rings. The summed E-state index contributed by atoms with van der Waals surface area (Å²) in [6, 6.07) is 2.14. The van der Waals surface area contributed by atoms with Crippen LogP contribution >= 0.6 is 0 Å². The lowest BCUT2D eigenvalue weighted by atomic mass is 9.34. The number of hydrogen-bond acceptors (Lipinski definition) is 5. The summed E-state index contributed by atoms with van der Waals surface area (Å²) in [5.41, 5.74) is -1.96. The van der Waals surface area contributed by atoms with Crippen LogP contribution in [-0.2, 0) is 9.59 Å². The zero-order chi connectivity index (χ0) is 28.3. The summed E-state index contributed by atoms with van der Waals surface area (Å²) in [6.45, 7) is 12.8. The number of carbonyl (C=O) groups is 2. The number of allylic oxidation sites excluding steroid dienone is 3. The highest BCUT2D eigenvalue weighted by Gasteiger charge is 2.71. The lowest BCUT2D eigenvalue weighted by Crippen LogP contribution is -2.67. The molecule has 38 heavy (non-hydrogen) atoms. The molecule has 2 N–H and O–H groups in total. The molecule has 0 saturated heterocycles. The van der Waals surface area contributed by atoms with Gasteiger partial charge in [0.05, 0.1) is 17.1 Å². The zero-order valence-electron chi connectivity index (χ0n) is 24.6. The van der Waals surface area contributed by atoms with Gasteiger partial charge in [-0.15, -0.1) is 0 Å². The van der Waals surface area contributed by atoms with E-state index in [0.717, 1.165) is 44.1 Å². The molecule has 0 spiro atoms. The van der Waals surface area contributed by atoms with Gasteiger partial charge in [-0.25, -0.2) is 0 Å². The highest BCUT2D eigenvalue weighted by Crippen LogP contribution is 2.74.